The molecule has 0 saturated carbocycles. The number of hydrogen-bond donors (Lipinski definition) is 0. The number of aromatic nitrogens is 4. The van der Waals surface area contributed by atoms with Crippen molar-refractivity contribution >= 4 is 32.6 Å². The second-order valence-electron chi connectivity index (χ2n) is 6.28. The molecule has 0 N–H and O–H groups in total. The number of benzene rings is 1. The maximum absolute atomic E-state index is 11.6. The van der Waals surface area contributed by atoms with E-state index in [4.69, 9.17) is 16.3 Å². The van der Waals surface area contributed by atoms with Crippen LogP contribution in [-0.4, -0.2) is 40.8 Å². The molecule has 0 amide bonds. The normalized spacial score (nSPS) is 18.3. The summed E-state index contributed by atoms with van der Waals surface area (Å²) < 4.78 is 31.0. The number of hydrogen-bond acceptors (Lipinski definition) is 6. The van der Waals surface area contributed by atoms with E-state index in [9.17, 15) is 8.42 Å². The highest BCUT2D eigenvalue weighted by molar-refractivity contribution is 7.90. The summed E-state index contributed by atoms with van der Waals surface area (Å²) in [6.45, 7) is 0.711. The average Bonchev–Trinajstić information content (AvgIpc) is 3.05. The van der Waals surface area contributed by atoms with Gasteiger partial charge in [0.1, 0.15) is 17.4 Å². The van der Waals surface area contributed by atoms with Crippen LogP contribution in [0, 0.1) is 0 Å². The third-order valence-electron chi connectivity index (χ3n) is 4.42. The molecule has 3 heterocycles. The molecule has 1 unspecified atom stereocenters. The van der Waals surface area contributed by atoms with Crippen molar-refractivity contribution in [2.45, 2.75) is 30.4 Å². The molecule has 0 radical (unpaired) electrons. The smallest absolute Gasteiger partial charge is 0.225 e. The highest BCUT2D eigenvalue weighted by Gasteiger charge is 2.21. The van der Waals surface area contributed by atoms with E-state index in [1.807, 2.05) is 4.57 Å². The second kappa shape index (κ2) is 6.61. The lowest BCUT2D eigenvalue weighted by Crippen LogP contribution is -2.17. The summed E-state index contributed by atoms with van der Waals surface area (Å²) in [6, 6.07) is 6.50. The predicted octanol–water partition coefficient (Wildman–Crippen LogP) is 3.25. The third kappa shape index (κ3) is 3.20. The number of fused-ring (bicyclic) bond motifs is 1. The molecule has 0 bridgehead atoms. The van der Waals surface area contributed by atoms with Crippen LogP contribution in [0.5, 0.6) is 0 Å². The summed E-state index contributed by atoms with van der Waals surface area (Å²) >= 11 is 6.15. The monoisotopic (exact) mass is 392 g/mol. The van der Waals surface area contributed by atoms with Crippen molar-refractivity contribution < 1.29 is 13.2 Å². The van der Waals surface area contributed by atoms with Crippen molar-refractivity contribution in [3.8, 4) is 11.3 Å². The van der Waals surface area contributed by atoms with E-state index in [1.54, 1.807) is 30.6 Å². The first kappa shape index (κ1) is 17.4. The van der Waals surface area contributed by atoms with Crippen molar-refractivity contribution in [2.24, 2.45) is 0 Å². The largest absolute Gasteiger partial charge is 0.358 e. The van der Waals surface area contributed by atoms with Crippen LogP contribution in [0.15, 0.2) is 35.5 Å². The van der Waals surface area contributed by atoms with E-state index in [-0.39, 0.29) is 16.4 Å². The highest BCUT2D eigenvalue weighted by Crippen LogP contribution is 2.31. The van der Waals surface area contributed by atoms with E-state index >= 15 is 0 Å². The Hall–Kier alpha value is -2.03. The molecule has 9 heteroatoms. The van der Waals surface area contributed by atoms with Gasteiger partial charge in [-0.3, -0.25) is 4.57 Å². The van der Waals surface area contributed by atoms with Crippen LogP contribution in [0.25, 0.3) is 22.4 Å². The van der Waals surface area contributed by atoms with Crippen LogP contribution in [0.2, 0.25) is 5.28 Å². The van der Waals surface area contributed by atoms with Crippen molar-refractivity contribution in [1.29, 1.82) is 0 Å². The fraction of sp³-hybridized carbons (Fsp3) is 0.353. The molecule has 1 saturated heterocycles. The summed E-state index contributed by atoms with van der Waals surface area (Å²) in [5, 5.41) is 0.109. The lowest BCUT2D eigenvalue weighted by molar-refractivity contribution is -0.0298. The van der Waals surface area contributed by atoms with Crippen molar-refractivity contribution in [3.63, 3.8) is 0 Å². The highest BCUT2D eigenvalue weighted by atomic mass is 35.5. The van der Waals surface area contributed by atoms with Gasteiger partial charge in [-0.05, 0) is 43.0 Å². The number of sulfone groups is 1. The van der Waals surface area contributed by atoms with Crippen LogP contribution in [0.1, 0.15) is 25.5 Å². The maximum Gasteiger partial charge on any atom is 0.225 e. The van der Waals surface area contributed by atoms with Crippen molar-refractivity contribution in [1.82, 2.24) is 19.5 Å². The molecule has 1 atom stereocenters. The van der Waals surface area contributed by atoms with Crippen molar-refractivity contribution in [3.05, 3.63) is 35.9 Å². The van der Waals surface area contributed by atoms with E-state index < -0.39 is 9.84 Å². The van der Waals surface area contributed by atoms with Gasteiger partial charge < -0.3 is 4.74 Å². The third-order valence-corrected chi connectivity index (χ3v) is 5.71. The molecule has 4 rings (SSSR count). The Labute approximate surface area is 155 Å². The molecule has 1 fully saturated rings. The molecule has 26 heavy (non-hydrogen) atoms. The Kier molecular flexibility index (Phi) is 4.42. The molecule has 1 aliphatic heterocycles. The molecule has 2 aromatic heterocycles. The predicted molar refractivity (Wildman–Crippen MR) is 97.7 cm³/mol. The fourth-order valence-electron chi connectivity index (χ4n) is 3.11. The summed E-state index contributed by atoms with van der Waals surface area (Å²) in [5.41, 5.74) is 2.51. The summed E-state index contributed by atoms with van der Waals surface area (Å²) in [4.78, 5) is 13.4. The number of rotatable bonds is 3. The minimum absolute atomic E-state index is 0.109. The molecule has 7 nitrogen and oxygen atoms in total. The topological polar surface area (TPSA) is 87.0 Å². The summed E-state index contributed by atoms with van der Waals surface area (Å²) in [7, 11) is -3.26. The summed E-state index contributed by atoms with van der Waals surface area (Å²) in [5.74, 6) is 0. The van der Waals surface area contributed by atoms with Gasteiger partial charge in [-0.25, -0.2) is 18.4 Å². The van der Waals surface area contributed by atoms with Crippen LogP contribution >= 0.6 is 11.6 Å². The van der Waals surface area contributed by atoms with Crippen LogP contribution < -0.4 is 0 Å². The average molecular weight is 393 g/mol. The van der Waals surface area contributed by atoms with E-state index in [0.29, 0.717) is 23.5 Å². The SMILES string of the molecule is CS(=O)(=O)c1ccc(-c2nc(Cl)nc3c2ncn3C2CCCCO2)cc1. The molecule has 1 aliphatic rings. The Morgan fingerprint density at radius 3 is 2.62 bits per heavy atom. The standard InChI is InChI=1S/C17H17ClN4O3S/c1-26(23,24)12-7-5-11(6-8-12)14-15-16(21-17(18)20-14)22(10-19-15)13-4-2-3-9-25-13/h5-8,10,13H,2-4,9H2,1H3. The Morgan fingerprint density at radius 1 is 1.19 bits per heavy atom. The first-order chi connectivity index (χ1) is 12.4. The molecule has 0 spiro atoms. The van der Waals surface area contributed by atoms with Gasteiger partial charge in [0.15, 0.2) is 15.5 Å². The second-order valence-corrected chi connectivity index (χ2v) is 8.64. The van der Waals surface area contributed by atoms with Gasteiger partial charge in [-0.2, -0.15) is 4.98 Å². The Morgan fingerprint density at radius 2 is 1.96 bits per heavy atom. The quantitative estimate of drug-likeness (QED) is 0.636. The van der Waals surface area contributed by atoms with Gasteiger partial charge in [0.05, 0.1) is 11.2 Å². The maximum atomic E-state index is 11.6. The van der Waals surface area contributed by atoms with Crippen LogP contribution in [0.4, 0.5) is 0 Å². The molecular weight excluding hydrogens is 376 g/mol. The van der Waals surface area contributed by atoms with Crippen molar-refractivity contribution in [2.75, 3.05) is 12.9 Å². The van der Waals surface area contributed by atoms with Gasteiger partial charge in [0, 0.05) is 18.4 Å². The van der Waals surface area contributed by atoms with Gasteiger partial charge in [0.25, 0.3) is 0 Å². The lowest BCUT2D eigenvalue weighted by Gasteiger charge is -2.23. The first-order valence-corrected chi connectivity index (χ1v) is 10.5. The van der Waals surface area contributed by atoms with E-state index in [0.717, 1.165) is 24.8 Å². The van der Waals surface area contributed by atoms with Gasteiger partial charge in [0.2, 0.25) is 5.28 Å². The van der Waals surface area contributed by atoms with Gasteiger partial charge in [-0.15, -0.1) is 0 Å². The molecule has 0 aliphatic carbocycles. The zero-order valence-electron chi connectivity index (χ0n) is 14.1. The number of halogens is 1. The molecular formula is C17H17ClN4O3S. The molecule has 136 valence electrons. The molecule has 3 aromatic rings. The fourth-order valence-corrected chi connectivity index (χ4v) is 3.90. The number of imidazole rings is 1. The number of nitrogens with zero attached hydrogens (tertiary/aromatic N) is 4. The van der Waals surface area contributed by atoms with Crippen LogP contribution in [-0.2, 0) is 14.6 Å². The van der Waals surface area contributed by atoms with Gasteiger partial charge in [-0.1, -0.05) is 12.1 Å². The minimum atomic E-state index is -3.26. The zero-order valence-corrected chi connectivity index (χ0v) is 15.7. The first-order valence-electron chi connectivity index (χ1n) is 8.25. The Balaban J connectivity index is 1.82. The summed E-state index contributed by atoms with van der Waals surface area (Å²) in [6.07, 6.45) is 5.79. The minimum Gasteiger partial charge on any atom is -0.358 e. The van der Waals surface area contributed by atoms with Gasteiger partial charge >= 0.3 is 0 Å². The lowest BCUT2D eigenvalue weighted by atomic mass is 10.1. The van der Waals surface area contributed by atoms with E-state index in [2.05, 4.69) is 15.0 Å². The Bertz CT molecular complexity index is 1060. The van der Waals surface area contributed by atoms with E-state index in [1.165, 1.54) is 6.26 Å². The molecule has 1 aromatic carbocycles. The zero-order chi connectivity index (χ0) is 18.3. The number of ether oxygens (including phenoxy) is 1. The van der Waals surface area contributed by atoms with Crippen LogP contribution in [0.3, 0.4) is 0 Å².